The van der Waals surface area contributed by atoms with Crippen molar-refractivity contribution in [1.29, 1.82) is 0 Å². The number of rotatable bonds is 6. The average Bonchev–Trinajstić information content (AvgIpc) is 3.34. The lowest BCUT2D eigenvalue weighted by Gasteiger charge is -2.37. The molecule has 0 N–H and O–H groups in total. The van der Waals surface area contributed by atoms with Crippen LogP contribution in [0.5, 0.6) is 0 Å². The second-order valence-electron chi connectivity index (χ2n) is 8.69. The molecule has 0 radical (unpaired) electrons. The van der Waals surface area contributed by atoms with Gasteiger partial charge in [-0.2, -0.15) is 4.02 Å². The van der Waals surface area contributed by atoms with Gasteiger partial charge in [0.25, 0.3) is 0 Å². The average molecular weight is 508 g/mol. The largest absolute Gasteiger partial charge is 0.470 e. The van der Waals surface area contributed by atoms with Gasteiger partial charge in [0.1, 0.15) is 11.7 Å². The molecule has 170 valence electrons. The third-order valence-corrected chi connectivity index (χ3v) is 6.45. The van der Waals surface area contributed by atoms with E-state index in [4.69, 9.17) is 18.9 Å². The highest BCUT2D eigenvalue weighted by molar-refractivity contribution is 9.08. The van der Waals surface area contributed by atoms with Crippen LogP contribution in [0.3, 0.4) is 0 Å². The van der Waals surface area contributed by atoms with Crippen LogP contribution in [0, 0.1) is 0 Å². The molecular formula is C27H26BrNO4. The van der Waals surface area contributed by atoms with Crippen LogP contribution in [0.1, 0.15) is 30.5 Å². The quantitative estimate of drug-likeness (QED) is 0.406. The van der Waals surface area contributed by atoms with E-state index in [0.717, 1.165) is 16.7 Å². The first-order valence-corrected chi connectivity index (χ1v) is 11.8. The summed E-state index contributed by atoms with van der Waals surface area (Å²) in [7, 11) is 0. The van der Waals surface area contributed by atoms with Gasteiger partial charge in [0, 0.05) is 0 Å². The molecule has 0 aliphatic carbocycles. The van der Waals surface area contributed by atoms with Gasteiger partial charge in [0.2, 0.25) is 5.90 Å². The van der Waals surface area contributed by atoms with Crippen LogP contribution < -0.4 is 0 Å². The van der Waals surface area contributed by atoms with E-state index >= 15 is 0 Å². The van der Waals surface area contributed by atoms with E-state index in [2.05, 4.69) is 56.6 Å². The van der Waals surface area contributed by atoms with E-state index in [1.165, 1.54) is 0 Å². The second-order valence-corrected chi connectivity index (χ2v) is 9.04. The third-order valence-electron chi connectivity index (χ3n) is 6.10. The van der Waals surface area contributed by atoms with E-state index in [9.17, 15) is 0 Å². The van der Waals surface area contributed by atoms with Gasteiger partial charge in [-0.1, -0.05) is 91.0 Å². The third kappa shape index (κ3) is 4.13. The summed E-state index contributed by atoms with van der Waals surface area (Å²) < 4.78 is 29.3. The second kappa shape index (κ2) is 9.03. The Kier molecular flexibility index (Phi) is 6.10. The molecule has 5 nitrogen and oxygen atoms in total. The minimum Gasteiger partial charge on any atom is -0.470 e. The maximum atomic E-state index is 6.91. The molecule has 33 heavy (non-hydrogen) atoms. The smallest absolute Gasteiger partial charge is 0.228 e. The molecule has 2 fully saturated rings. The maximum Gasteiger partial charge on any atom is 0.228 e. The summed E-state index contributed by atoms with van der Waals surface area (Å²) in [5.41, 5.74) is 2.28. The molecule has 5 rings (SSSR count). The minimum absolute atomic E-state index is 0.283. The molecule has 3 atom stereocenters. The lowest BCUT2D eigenvalue weighted by atomic mass is 9.80. The molecule has 3 aromatic rings. The normalized spacial score (nSPS) is 25.1. The van der Waals surface area contributed by atoms with Gasteiger partial charge in [-0.05, 0) is 30.5 Å². The lowest BCUT2D eigenvalue weighted by molar-refractivity contribution is -0.165. The predicted octanol–water partition coefficient (Wildman–Crippen LogP) is 5.62. The summed E-state index contributed by atoms with van der Waals surface area (Å²) in [5.74, 6) is -0.237. The topological polar surface area (TPSA) is 49.3 Å². The van der Waals surface area contributed by atoms with Crippen molar-refractivity contribution in [1.82, 2.24) is 0 Å². The molecule has 0 spiro atoms. The van der Waals surface area contributed by atoms with E-state index < -0.39 is 11.4 Å². The van der Waals surface area contributed by atoms with Crippen LogP contribution in [0.2, 0.25) is 0 Å². The SMILES string of the molecule is CC1(C)O[C@@H]2[C@@H](COC(c3ccccc3)(c3ccccc3)c3ccccc3)O/C(=N\Br)[C@@H]2O1. The van der Waals surface area contributed by atoms with Gasteiger partial charge < -0.3 is 18.9 Å². The number of halogens is 1. The minimum atomic E-state index is -0.827. The highest BCUT2D eigenvalue weighted by atomic mass is 79.9. The molecule has 2 aliphatic rings. The van der Waals surface area contributed by atoms with Gasteiger partial charge >= 0.3 is 0 Å². The van der Waals surface area contributed by atoms with Gasteiger partial charge in [-0.25, -0.2) is 0 Å². The zero-order valence-electron chi connectivity index (χ0n) is 18.6. The molecule has 2 heterocycles. The predicted molar refractivity (Wildman–Crippen MR) is 130 cm³/mol. The van der Waals surface area contributed by atoms with Crippen molar-refractivity contribution in [3.05, 3.63) is 108 Å². The van der Waals surface area contributed by atoms with Crippen molar-refractivity contribution in [2.24, 2.45) is 4.02 Å². The Morgan fingerprint density at radius 1 is 0.818 bits per heavy atom. The Morgan fingerprint density at radius 3 is 1.76 bits per heavy atom. The zero-order chi connectivity index (χ0) is 22.9. The lowest BCUT2D eigenvalue weighted by Crippen LogP contribution is -2.39. The van der Waals surface area contributed by atoms with Gasteiger partial charge in [-0.3, -0.25) is 0 Å². The Hall–Kier alpha value is -2.51. The Morgan fingerprint density at radius 2 is 1.30 bits per heavy atom. The molecule has 2 aliphatic heterocycles. The highest BCUT2D eigenvalue weighted by Gasteiger charge is 2.55. The molecule has 0 amide bonds. The molecular weight excluding hydrogens is 482 g/mol. The van der Waals surface area contributed by atoms with Crippen LogP contribution in [-0.2, 0) is 24.5 Å². The van der Waals surface area contributed by atoms with Crippen LogP contribution in [0.4, 0.5) is 0 Å². The van der Waals surface area contributed by atoms with Crippen molar-refractivity contribution >= 4 is 22.0 Å². The summed E-state index contributed by atoms with van der Waals surface area (Å²) in [6, 6.07) is 30.8. The van der Waals surface area contributed by atoms with E-state index in [1.54, 1.807) is 0 Å². The monoisotopic (exact) mass is 507 g/mol. The number of nitrogens with zero attached hydrogens (tertiary/aromatic N) is 1. The van der Waals surface area contributed by atoms with Crippen molar-refractivity contribution in [2.45, 2.75) is 43.5 Å². The first-order chi connectivity index (χ1) is 16.0. The first-order valence-electron chi connectivity index (χ1n) is 11.1. The number of benzene rings is 3. The summed E-state index contributed by atoms with van der Waals surface area (Å²) in [6.45, 7) is 4.08. The van der Waals surface area contributed by atoms with Crippen LogP contribution in [-0.4, -0.2) is 36.6 Å². The first kappa shape index (κ1) is 22.3. The van der Waals surface area contributed by atoms with Crippen LogP contribution in [0.15, 0.2) is 95.0 Å². The van der Waals surface area contributed by atoms with E-state index in [-0.39, 0.29) is 24.9 Å². The number of fused-ring (bicyclic) bond motifs is 1. The molecule has 3 aromatic carbocycles. The van der Waals surface area contributed by atoms with Crippen molar-refractivity contribution in [2.75, 3.05) is 6.61 Å². The fourth-order valence-corrected chi connectivity index (χ4v) is 5.00. The molecule has 2 saturated heterocycles. The Balaban J connectivity index is 1.56. The number of hydrogen-bond acceptors (Lipinski definition) is 5. The van der Waals surface area contributed by atoms with Crippen molar-refractivity contribution in [3.63, 3.8) is 0 Å². The number of hydrogen-bond donors (Lipinski definition) is 0. The van der Waals surface area contributed by atoms with E-state index in [1.807, 2.05) is 68.4 Å². The fourth-order valence-electron chi connectivity index (χ4n) is 4.71. The standard InChI is InChI=1S/C27H26BrNO4/c1-26(2)32-23-22(31-25(29-28)24(23)33-26)18-30-27(19-12-6-3-7-13-19,20-14-8-4-9-15-20)21-16-10-5-11-17-21/h3-17,22-24H,18H2,1-2H3/b29-25-/t22-,23-,24-/m1/s1. The van der Waals surface area contributed by atoms with Gasteiger partial charge in [0.05, 0.1) is 22.8 Å². The Labute approximate surface area is 202 Å². The Bertz CT molecular complexity index is 1010. The molecule has 0 unspecified atom stereocenters. The summed E-state index contributed by atoms with van der Waals surface area (Å²) >= 11 is 3.17. The van der Waals surface area contributed by atoms with Gasteiger partial charge in [-0.15, -0.1) is 0 Å². The molecule has 0 bridgehead atoms. The van der Waals surface area contributed by atoms with Crippen molar-refractivity contribution < 1.29 is 18.9 Å². The summed E-state index contributed by atoms with van der Waals surface area (Å²) in [5, 5.41) is 0. The van der Waals surface area contributed by atoms with Gasteiger partial charge in [0.15, 0.2) is 18.0 Å². The number of ether oxygens (including phenoxy) is 4. The van der Waals surface area contributed by atoms with Crippen LogP contribution in [0.25, 0.3) is 0 Å². The molecule has 6 heteroatoms. The fraction of sp³-hybridized carbons (Fsp3) is 0.296. The molecule has 0 aromatic heterocycles. The summed E-state index contributed by atoms with van der Waals surface area (Å²) in [4.78, 5) is 0. The van der Waals surface area contributed by atoms with Crippen LogP contribution >= 0.6 is 16.1 Å². The highest BCUT2D eigenvalue weighted by Crippen LogP contribution is 2.42. The summed E-state index contributed by atoms with van der Waals surface area (Å²) in [6.07, 6.45) is -1.05. The maximum absolute atomic E-state index is 6.91. The molecule has 0 saturated carbocycles. The van der Waals surface area contributed by atoms with Crippen molar-refractivity contribution in [3.8, 4) is 0 Å². The van der Waals surface area contributed by atoms with E-state index in [0.29, 0.717) is 5.90 Å². The zero-order valence-corrected chi connectivity index (χ0v) is 20.1.